The summed E-state index contributed by atoms with van der Waals surface area (Å²) >= 11 is 0. The largest absolute Gasteiger partial charge is 0.489 e. The minimum absolute atomic E-state index is 0.0243. The zero-order valence-electron chi connectivity index (χ0n) is 21.3. The van der Waals surface area contributed by atoms with Crippen molar-refractivity contribution in [3.05, 3.63) is 71.6 Å². The molecule has 0 saturated heterocycles. The van der Waals surface area contributed by atoms with Gasteiger partial charge >= 0.3 is 5.97 Å². The molecule has 200 valence electrons. The highest BCUT2D eigenvalue weighted by Crippen LogP contribution is 2.40. The van der Waals surface area contributed by atoms with E-state index in [1.807, 2.05) is 6.92 Å². The van der Waals surface area contributed by atoms with Crippen molar-refractivity contribution in [2.24, 2.45) is 5.92 Å². The summed E-state index contributed by atoms with van der Waals surface area (Å²) in [5.74, 6) is -3.44. The number of esters is 1. The average Bonchev–Trinajstić information content (AvgIpc) is 2.91. The van der Waals surface area contributed by atoms with Crippen molar-refractivity contribution >= 4 is 5.97 Å². The summed E-state index contributed by atoms with van der Waals surface area (Å²) < 4.78 is 60.7. The fraction of sp³-hybridized carbons (Fsp3) is 0.500. The third-order valence-electron chi connectivity index (χ3n) is 7.64. The van der Waals surface area contributed by atoms with Crippen LogP contribution in [0.25, 0.3) is 0 Å². The van der Waals surface area contributed by atoms with Gasteiger partial charge in [-0.15, -0.1) is 0 Å². The predicted octanol–water partition coefficient (Wildman–Crippen LogP) is 7.61. The van der Waals surface area contributed by atoms with Gasteiger partial charge in [-0.05, 0) is 93.4 Å². The number of hydrogen-bond donors (Lipinski definition) is 0. The molecular formula is C30H35F3O4. The van der Waals surface area contributed by atoms with Crippen LogP contribution < -0.4 is 9.47 Å². The first kappa shape index (κ1) is 27.2. The van der Waals surface area contributed by atoms with Crippen molar-refractivity contribution in [1.29, 1.82) is 0 Å². The summed E-state index contributed by atoms with van der Waals surface area (Å²) in [7, 11) is 0. The molecule has 4 rings (SSSR count). The van der Waals surface area contributed by atoms with Gasteiger partial charge in [-0.3, -0.25) is 4.79 Å². The molecule has 37 heavy (non-hydrogen) atoms. The van der Waals surface area contributed by atoms with Gasteiger partial charge in [0.2, 0.25) is 5.82 Å². The third-order valence-corrected chi connectivity index (χ3v) is 7.64. The number of halogens is 3. The van der Waals surface area contributed by atoms with Gasteiger partial charge < -0.3 is 14.2 Å². The maximum atomic E-state index is 14.9. The molecule has 2 aliphatic carbocycles. The number of carbonyl (C=O) groups is 1. The van der Waals surface area contributed by atoms with E-state index in [1.165, 1.54) is 18.2 Å². The van der Waals surface area contributed by atoms with Crippen molar-refractivity contribution in [1.82, 2.24) is 0 Å². The second-order valence-corrected chi connectivity index (χ2v) is 9.96. The Bertz CT molecular complexity index is 1090. The lowest BCUT2D eigenvalue weighted by molar-refractivity contribution is -0.140. The quantitative estimate of drug-likeness (QED) is 0.195. The number of rotatable bonds is 9. The first-order chi connectivity index (χ1) is 17.9. The van der Waals surface area contributed by atoms with Crippen LogP contribution in [0, 0.1) is 23.4 Å². The molecule has 0 heterocycles. The van der Waals surface area contributed by atoms with Gasteiger partial charge in [-0.1, -0.05) is 24.8 Å². The molecule has 0 N–H and O–H groups in total. The van der Waals surface area contributed by atoms with Crippen molar-refractivity contribution in [3.63, 3.8) is 0 Å². The molecule has 2 aliphatic rings. The van der Waals surface area contributed by atoms with Crippen LogP contribution in [-0.2, 0) is 9.53 Å². The van der Waals surface area contributed by atoms with E-state index in [0.29, 0.717) is 55.8 Å². The van der Waals surface area contributed by atoms with Gasteiger partial charge in [0, 0.05) is 12.7 Å². The Morgan fingerprint density at radius 1 is 0.919 bits per heavy atom. The molecule has 0 radical (unpaired) electrons. The highest BCUT2D eigenvalue weighted by atomic mass is 19.2. The molecule has 0 bridgehead atoms. The van der Waals surface area contributed by atoms with Crippen LogP contribution in [-0.4, -0.2) is 25.3 Å². The highest BCUT2D eigenvalue weighted by molar-refractivity contribution is 5.75. The van der Waals surface area contributed by atoms with Crippen molar-refractivity contribution in [2.75, 3.05) is 13.2 Å². The zero-order chi connectivity index (χ0) is 26.4. The number of benzene rings is 2. The van der Waals surface area contributed by atoms with Crippen LogP contribution in [0.3, 0.4) is 0 Å². The van der Waals surface area contributed by atoms with Crippen LogP contribution >= 0.6 is 0 Å². The van der Waals surface area contributed by atoms with Crippen LogP contribution in [0.2, 0.25) is 0 Å². The minimum Gasteiger partial charge on any atom is -0.489 e. The second-order valence-electron chi connectivity index (χ2n) is 9.96. The predicted molar refractivity (Wildman–Crippen MR) is 135 cm³/mol. The second kappa shape index (κ2) is 12.6. The normalized spacial score (nSPS) is 23.9. The Morgan fingerprint density at radius 3 is 2.22 bits per heavy atom. The highest BCUT2D eigenvalue weighted by Gasteiger charge is 2.31. The Labute approximate surface area is 216 Å². The molecule has 4 nitrogen and oxygen atoms in total. The number of ether oxygens (including phenoxy) is 3. The van der Waals surface area contributed by atoms with Crippen LogP contribution in [0.1, 0.15) is 81.3 Å². The molecule has 0 unspecified atom stereocenters. The first-order valence-corrected chi connectivity index (χ1v) is 13.3. The number of hydrogen-bond acceptors (Lipinski definition) is 4. The summed E-state index contributed by atoms with van der Waals surface area (Å²) in [6.45, 7) is 6.48. The Morgan fingerprint density at radius 2 is 1.57 bits per heavy atom. The minimum atomic E-state index is -1.12. The summed E-state index contributed by atoms with van der Waals surface area (Å²) in [4.78, 5) is 12.7. The van der Waals surface area contributed by atoms with Gasteiger partial charge in [0.25, 0.3) is 0 Å². The van der Waals surface area contributed by atoms with Gasteiger partial charge in [-0.25, -0.2) is 8.78 Å². The van der Waals surface area contributed by atoms with Crippen LogP contribution in [0.4, 0.5) is 13.2 Å². The molecule has 2 aromatic carbocycles. The average molecular weight is 517 g/mol. The maximum Gasteiger partial charge on any atom is 0.314 e. The van der Waals surface area contributed by atoms with Gasteiger partial charge in [-0.2, -0.15) is 4.39 Å². The summed E-state index contributed by atoms with van der Waals surface area (Å²) in [6.07, 6.45) is 7.04. The van der Waals surface area contributed by atoms with Gasteiger partial charge in [0.05, 0.1) is 12.0 Å². The molecule has 7 heteroatoms. The Hall–Kier alpha value is -2.80. The molecule has 2 saturated carbocycles. The first-order valence-electron chi connectivity index (χ1n) is 13.3. The SMILES string of the molecule is C=CCOc1ccc(C2CCC(C(=O)Oc3ccc(C4CCC(OCC)CC4)c(F)c3F)CC2)c(F)c1. The Kier molecular flexibility index (Phi) is 9.30. The lowest BCUT2D eigenvalue weighted by Gasteiger charge is -2.29. The fourth-order valence-corrected chi connectivity index (χ4v) is 5.63. The van der Waals surface area contributed by atoms with E-state index in [1.54, 1.807) is 18.2 Å². The zero-order valence-corrected chi connectivity index (χ0v) is 21.3. The topological polar surface area (TPSA) is 44.8 Å². The molecule has 0 amide bonds. The summed E-state index contributed by atoms with van der Waals surface area (Å²) in [6, 6.07) is 7.71. The third kappa shape index (κ3) is 6.56. The van der Waals surface area contributed by atoms with E-state index in [-0.39, 0.29) is 29.5 Å². The van der Waals surface area contributed by atoms with Gasteiger partial charge in [0.15, 0.2) is 11.6 Å². The van der Waals surface area contributed by atoms with Crippen LogP contribution in [0.15, 0.2) is 43.0 Å². The Balaban J connectivity index is 1.32. The van der Waals surface area contributed by atoms with E-state index >= 15 is 0 Å². The molecule has 0 aromatic heterocycles. The molecule has 2 aromatic rings. The van der Waals surface area contributed by atoms with Crippen molar-refractivity contribution in [3.8, 4) is 11.5 Å². The van der Waals surface area contributed by atoms with E-state index in [0.717, 1.165) is 25.7 Å². The van der Waals surface area contributed by atoms with Crippen molar-refractivity contribution in [2.45, 2.75) is 76.2 Å². The van der Waals surface area contributed by atoms with E-state index in [2.05, 4.69) is 6.58 Å². The molecular weight excluding hydrogens is 481 g/mol. The van der Waals surface area contributed by atoms with Crippen molar-refractivity contribution < 1.29 is 32.2 Å². The number of carbonyl (C=O) groups excluding carboxylic acids is 1. The molecule has 0 spiro atoms. The standard InChI is InChI=1S/C30H35F3O4/c1-3-17-36-23-13-14-24(26(31)18-23)19-5-7-21(8-6-19)30(34)37-27-16-15-25(28(32)29(27)33)20-9-11-22(12-10-20)35-4-2/h3,13-16,18-22H,1,4-12,17H2,2H3. The van der Waals surface area contributed by atoms with Gasteiger partial charge in [0.1, 0.15) is 18.2 Å². The lowest BCUT2D eigenvalue weighted by atomic mass is 9.78. The van der Waals surface area contributed by atoms with E-state index in [4.69, 9.17) is 14.2 Å². The monoisotopic (exact) mass is 516 g/mol. The summed E-state index contributed by atoms with van der Waals surface area (Å²) in [5, 5.41) is 0. The van der Waals surface area contributed by atoms with Crippen LogP contribution in [0.5, 0.6) is 11.5 Å². The van der Waals surface area contributed by atoms with E-state index in [9.17, 15) is 18.0 Å². The smallest absolute Gasteiger partial charge is 0.314 e. The maximum absolute atomic E-state index is 14.9. The summed E-state index contributed by atoms with van der Waals surface area (Å²) in [5.41, 5.74) is 0.924. The molecule has 0 aliphatic heterocycles. The molecule has 2 fully saturated rings. The lowest BCUT2D eigenvalue weighted by Crippen LogP contribution is -2.26. The van der Waals surface area contributed by atoms with E-state index < -0.39 is 23.5 Å². The fourth-order valence-electron chi connectivity index (χ4n) is 5.63. The molecule has 0 atom stereocenters.